The van der Waals surface area contributed by atoms with Crippen molar-refractivity contribution < 1.29 is 28.2 Å². The van der Waals surface area contributed by atoms with Crippen LogP contribution in [0.3, 0.4) is 0 Å². The molecule has 0 fully saturated rings. The van der Waals surface area contributed by atoms with Gasteiger partial charge < -0.3 is 0 Å². The minimum absolute atomic E-state index is 0. The molecule has 0 unspecified atom stereocenters. The Morgan fingerprint density at radius 2 is 0.167 bits per heavy atom. The molecule has 120 valence electrons. The first-order valence-electron chi connectivity index (χ1n) is 3.00. The minimum atomic E-state index is 0. The number of halogens is 6. The maximum Gasteiger partial charge on any atom is -0.106 e. The smallest absolute Gasteiger partial charge is 0.106 e. The SMILES string of the molecule is C=C.C=C.C=C.C=C.C=C.C=C.F.F.F.F.F.F. The number of hydrogen-bond donors (Lipinski definition) is 0. The van der Waals surface area contributed by atoms with Crippen molar-refractivity contribution in [1.29, 1.82) is 0 Å². The molecule has 0 spiro atoms. The van der Waals surface area contributed by atoms with Gasteiger partial charge in [0, 0.05) is 0 Å². The van der Waals surface area contributed by atoms with Crippen LogP contribution in [0.1, 0.15) is 0 Å². The van der Waals surface area contributed by atoms with Crippen molar-refractivity contribution in [2.45, 2.75) is 0 Å². The van der Waals surface area contributed by atoms with Gasteiger partial charge >= 0.3 is 0 Å². The van der Waals surface area contributed by atoms with E-state index in [1.54, 1.807) is 0 Å². The molecular weight excluding hydrogens is 258 g/mol. The van der Waals surface area contributed by atoms with E-state index in [0.717, 1.165) is 0 Å². The van der Waals surface area contributed by atoms with Crippen molar-refractivity contribution in [3.63, 3.8) is 0 Å². The van der Waals surface area contributed by atoms with Crippen LogP contribution in [0.5, 0.6) is 0 Å². The molecule has 0 N–H and O–H groups in total. The molecule has 0 saturated carbocycles. The molecule has 18 heavy (non-hydrogen) atoms. The van der Waals surface area contributed by atoms with Gasteiger partial charge in [-0.05, 0) is 0 Å². The second-order valence-corrected chi connectivity index (χ2v) is 0. The molecule has 0 amide bonds. The highest BCUT2D eigenvalue weighted by atomic mass is 19.0. The van der Waals surface area contributed by atoms with E-state index in [0.29, 0.717) is 0 Å². The molecule has 0 aliphatic heterocycles. The maximum atomic E-state index is 3.00. The Kier molecular flexibility index (Phi) is 9360. The van der Waals surface area contributed by atoms with Gasteiger partial charge in [0.05, 0.1) is 0 Å². The monoisotopic (exact) mass is 288 g/mol. The van der Waals surface area contributed by atoms with Gasteiger partial charge in [0.25, 0.3) is 0 Å². The van der Waals surface area contributed by atoms with Crippen LogP contribution in [0.4, 0.5) is 28.2 Å². The van der Waals surface area contributed by atoms with E-state index in [4.69, 9.17) is 0 Å². The lowest BCUT2D eigenvalue weighted by Gasteiger charge is -0.813. The van der Waals surface area contributed by atoms with Crippen molar-refractivity contribution in [1.82, 2.24) is 0 Å². The molecule has 0 heterocycles. The quantitative estimate of drug-likeness (QED) is 0.394. The molecule has 0 radical (unpaired) electrons. The van der Waals surface area contributed by atoms with E-state index in [1.165, 1.54) is 0 Å². The van der Waals surface area contributed by atoms with E-state index >= 15 is 0 Å². The van der Waals surface area contributed by atoms with Crippen LogP contribution in [-0.4, -0.2) is 0 Å². The summed E-state index contributed by atoms with van der Waals surface area (Å²) in [7, 11) is 0. The Hall–Kier alpha value is -1.98. The largest absolute Gasteiger partial charge is 0.269 e. The molecule has 0 rings (SSSR count). The molecule has 0 aromatic rings. The molecule has 0 atom stereocenters. The third-order valence-corrected chi connectivity index (χ3v) is 0. The van der Waals surface area contributed by atoms with E-state index in [9.17, 15) is 0 Å². The van der Waals surface area contributed by atoms with Crippen LogP contribution in [0, 0.1) is 0 Å². The predicted octanol–water partition coefficient (Wildman–Crippen LogP) is 5.73. The third kappa shape index (κ3) is 606. The fourth-order valence-corrected chi connectivity index (χ4v) is 0. The van der Waals surface area contributed by atoms with Crippen LogP contribution in [-0.2, 0) is 0 Å². The van der Waals surface area contributed by atoms with Gasteiger partial charge in [-0.25, -0.2) is 0 Å². The summed E-state index contributed by atoms with van der Waals surface area (Å²) in [6.45, 7) is 36.0. The average Bonchev–Trinajstić information content (AvgIpc) is 2.33. The summed E-state index contributed by atoms with van der Waals surface area (Å²) >= 11 is 0. The lowest BCUT2D eigenvalue weighted by Crippen LogP contribution is -0.552. The summed E-state index contributed by atoms with van der Waals surface area (Å²) in [4.78, 5) is 0. The maximum absolute atomic E-state index is 3.00. The first-order chi connectivity index (χ1) is 6.00. The van der Waals surface area contributed by atoms with Crippen LogP contribution in [0.2, 0.25) is 0 Å². The molecule has 0 nitrogen and oxygen atoms in total. The summed E-state index contributed by atoms with van der Waals surface area (Å²) in [5.74, 6) is 0. The lowest BCUT2D eigenvalue weighted by atomic mass is 11.3. The van der Waals surface area contributed by atoms with Crippen molar-refractivity contribution in [3.8, 4) is 0 Å². The van der Waals surface area contributed by atoms with Crippen molar-refractivity contribution in [2.75, 3.05) is 0 Å². The summed E-state index contributed by atoms with van der Waals surface area (Å²) in [5.41, 5.74) is 0. The second kappa shape index (κ2) is 753. The molecule has 0 aliphatic carbocycles. The first kappa shape index (κ1) is 224. The fraction of sp³-hybridized carbons (Fsp3) is 0. The summed E-state index contributed by atoms with van der Waals surface area (Å²) in [5, 5.41) is 0. The zero-order valence-electron chi connectivity index (χ0n) is 10.9. The number of hydrogen-bond acceptors (Lipinski definition) is 0. The predicted molar refractivity (Wildman–Crippen MR) is 82.5 cm³/mol. The average molecular weight is 288 g/mol. The van der Waals surface area contributed by atoms with Gasteiger partial charge in [-0.3, -0.25) is 28.2 Å². The van der Waals surface area contributed by atoms with Gasteiger partial charge in [0.15, 0.2) is 0 Å². The second-order valence-electron chi connectivity index (χ2n) is 0. The molecule has 0 aromatic carbocycles. The normalized spacial score (nSPS) is 1.33. The summed E-state index contributed by atoms with van der Waals surface area (Å²) in [6.07, 6.45) is 0. The molecule has 0 saturated heterocycles. The Bertz CT molecular complexity index is 32.0. The van der Waals surface area contributed by atoms with E-state index in [-0.39, 0.29) is 28.2 Å². The third-order valence-electron chi connectivity index (χ3n) is 0. The first-order valence-corrected chi connectivity index (χ1v) is 3.00. The van der Waals surface area contributed by atoms with Crippen LogP contribution < -0.4 is 0 Å². The highest BCUT2D eigenvalue weighted by molar-refractivity contribution is 4.23. The zero-order valence-corrected chi connectivity index (χ0v) is 10.9. The lowest BCUT2D eigenvalue weighted by molar-refractivity contribution is 1.11. The van der Waals surface area contributed by atoms with Gasteiger partial charge in [-0.2, -0.15) is 0 Å². The van der Waals surface area contributed by atoms with Crippen LogP contribution >= 0.6 is 0 Å². The van der Waals surface area contributed by atoms with Crippen molar-refractivity contribution in [2.24, 2.45) is 0 Å². The van der Waals surface area contributed by atoms with E-state index in [2.05, 4.69) is 78.9 Å². The zero-order chi connectivity index (χ0) is 12.0. The highest BCUT2D eigenvalue weighted by Gasteiger charge is 0.611. The van der Waals surface area contributed by atoms with Gasteiger partial charge in [0.1, 0.15) is 0 Å². The van der Waals surface area contributed by atoms with Gasteiger partial charge in [-0.1, -0.05) is 0 Å². The standard InChI is InChI=1S/6C2H4.6FH/c6*1-2;;;;;;/h6*1-2H2;6*1H. The minimum Gasteiger partial charge on any atom is -0.269 e. The molecule has 0 bridgehead atoms. The summed E-state index contributed by atoms with van der Waals surface area (Å²) < 4.78 is 0. The summed E-state index contributed by atoms with van der Waals surface area (Å²) in [6, 6.07) is 0. The van der Waals surface area contributed by atoms with Crippen LogP contribution in [0.25, 0.3) is 0 Å². The fourth-order valence-electron chi connectivity index (χ4n) is 0. The Labute approximate surface area is 108 Å². The molecular formula is C12H30F6. The Balaban J connectivity index is -0.00000000225. The Morgan fingerprint density at radius 3 is 0.167 bits per heavy atom. The molecule has 6 heteroatoms. The van der Waals surface area contributed by atoms with Gasteiger partial charge in [0.2, 0.25) is 0 Å². The van der Waals surface area contributed by atoms with Gasteiger partial charge in [-0.15, -0.1) is 78.9 Å². The van der Waals surface area contributed by atoms with Crippen molar-refractivity contribution >= 4 is 0 Å². The number of rotatable bonds is 0. The topological polar surface area (TPSA) is 0 Å². The van der Waals surface area contributed by atoms with Crippen molar-refractivity contribution in [3.05, 3.63) is 78.9 Å². The molecule has 0 aromatic heterocycles. The van der Waals surface area contributed by atoms with E-state index < -0.39 is 0 Å². The molecule has 0 aliphatic rings. The highest BCUT2D eigenvalue weighted by Crippen LogP contribution is 0.872. The Morgan fingerprint density at radius 1 is 0.167 bits per heavy atom. The van der Waals surface area contributed by atoms with E-state index in [1.807, 2.05) is 0 Å². The van der Waals surface area contributed by atoms with Crippen LogP contribution in [0.15, 0.2) is 78.9 Å².